The van der Waals surface area contributed by atoms with Gasteiger partial charge in [0.25, 0.3) is 0 Å². The van der Waals surface area contributed by atoms with Crippen molar-refractivity contribution in [1.29, 1.82) is 0 Å². The van der Waals surface area contributed by atoms with E-state index in [1.54, 1.807) is 19.2 Å². The predicted octanol–water partition coefficient (Wildman–Crippen LogP) is 1.57. The molecule has 0 bridgehead atoms. The van der Waals surface area contributed by atoms with Gasteiger partial charge in [0.2, 0.25) is 0 Å². The van der Waals surface area contributed by atoms with Crippen LogP contribution in [0.3, 0.4) is 0 Å². The van der Waals surface area contributed by atoms with E-state index in [9.17, 15) is 0 Å². The van der Waals surface area contributed by atoms with E-state index >= 15 is 0 Å². The molecule has 96 valence electrons. The first kappa shape index (κ1) is 12.3. The van der Waals surface area contributed by atoms with Crippen LogP contribution in [-0.2, 0) is 4.74 Å². The van der Waals surface area contributed by atoms with E-state index in [1.807, 2.05) is 6.92 Å². The second-order valence-electron chi connectivity index (χ2n) is 3.66. The molecule has 0 unspecified atom stereocenters. The minimum absolute atomic E-state index is 0.619. The number of ether oxygens (including phenoxy) is 1. The summed E-state index contributed by atoms with van der Waals surface area (Å²) in [6.07, 6.45) is 1.48. The molecule has 0 aliphatic heterocycles. The molecule has 0 saturated carbocycles. The average Bonchev–Trinajstić information content (AvgIpc) is 2.76. The summed E-state index contributed by atoms with van der Waals surface area (Å²) in [6, 6.07) is 3.58. The second kappa shape index (κ2) is 5.97. The summed E-state index contributed by atoms with van der Waals surface area (Å²) in [6.45, 7) is 3.14. The topological polar surface area (TPSA) is 85.1 Å². The Balaban J connectivity index is 1.98. The quantitative estimate of drug-likeness (QED) is 0.751. The fraction of sp³-hybridized carbons (Fsp3) is 0.364. The molecule has 0 radical (unpaired) electrons. The molecule has 2 aromatic heterocycles. The van der Waals surface area contributed by atoms with Crippen LogP contribution in [0.25, 0.3) is 0 Å². The van der Waals surface area contributed by atoms with Gasteiger partial charge in [-0.3, -0.25) is 0 Å². The second-order valence-corrected chi connectivity index (χ2v) is 3.66. The molecule has 2 rings (SSSR count). The minimum atomic E-state index is 0.619. The average molecular weight is 249 g/mol. The molecular weight excluding hydrogens is 234 g/mol. The van der Waals surface area contributed by atoms with Gasteiger partial charge in [0, 0.05) is 25.8 Å². The van der Waals surface area contributed by atoms with Crippen LogP contribution in [0.5, 0.6) is 0 Å². The maximum Gasteiger partial charge on any atom is 0.175 e. The summed E-state index contributed by atoms with van der Waals surface area (Å²) >= 11 is 0. The van der Waals surface area contributed by atoms with Gasteiger partial charge in [0.1, 0.15) is 23.7 Å². The Bertz CT molecular complexity index is 500. The Morgan fingerprint density at radius 3 is 2.78 bits per heavy atom. The van der Waals surface area contributed by atoms with Gasteiger partial charge >= 0.3 is 0 Å². The van der Waals surface area contributed by atoms with E-state index < -0.39 is 0 Å². The van der Waals surface area contributed by atoms with Crippen molar-refractivity contribution in [1.82, 2.24) is 15.1 Å². The van der Waals surface area contributed by atoms with Crippen LogP contribution in [0, 0.1) is 6.92 Å². The molecular formula is C11H15N5O2. The van der Waals surface area contributed by atoms with Crippen molar-refractivity contribution in [3.05, 3.63) is 24.2 Å². The lowest BCUT2D eigenvalue weighted by molar-refractivity contribution is 0.210. The van der Waals surface area contributed by atoms with Gasteiger partial charge in [-0.1, -0.05) is 5.16 Å². The number of aromatic nitrogens is 3. The fourth-order valence-corrected chi connectivity index (χ4v) is 1.36. The van der Waals surface area contributed by atoms with Crippen LogP contribution < -0.4 is 10.6 Å². The zero-order valence-corrected chi connectivity index (χ0v) is 10.3. The van der Waals surface area contributed by atoms with E-state index in [0.29, 0.717) is 24.8 Å². The van der Waals surface area contributed by atoms with Crippen molar-refractivity contribution >= 4 is 17.5 Å². The summed E-state index contributed by atoms with van der Waals surface area (Å²) in [4.78, 5) is 8.19. The van der Waals surface area contributed by atoms with Crippen molar-refractivity contribution in [2.45, 2.75) is 6.92 Å². The van der Waals surface area contributed by atoms with Crippen molar-refractivity contribution in [3.8, 4) is 0 Å². The summed E-state index contributed by atoms with van der Waals surface area (Å²) in [7, 11) is 1.65. The summed E-state index contributed by atoms with van der Waals surface area (Å²) in [5, 5.41) is 9.97. The van der Waals surface area contributed by atoms with Crippen LogP contribution in [0.1, 0.15) is 5.76 Å². The standard InChI is InChI=1S/C11H15N5O2/c1-8-5-11(16-18-8)15-10-6-9(13-7-14-10)12-3-4-17-2/h5-7H,3-4H2,1-2H3,(H2,12,13,14,15,16). The van der Waals surface area contributed by atoms with Gasteiger partial charge in [-0.15, -0.1) is 0 Å². The van der Waals surface area contributed by atoms with Crippen LogP contribution in [0.4, 0.5) is 17.5 Å². The predicted molar refractivity (Wildman–Crippen MR) is 66.9 cm³/mol. The number of aryl methyl sites for hydroxylation is 1. The molecule has 0 atom stereocenters. The maximum atomic E-state index is 4.96. The summed E-state index contributed by atoms with van der Waals surface area (Å²) in [5.74, 6) is 2.74. The number of methoxy groups -OCH3 is 1. The van der Waals surface area contributed by atoms with Gasteiger partial charge in [-0.25, -0.2) is 9.97 Å². The molecule has 7 nitrogen and oxygen atoms in total. The van der Waals surface area contributed by atoms with E-state index in [-0.39, 0.29) is 0 Å². The first-order chi connectivity index (χ1) is 8.78. The van der Waals surface area contributed by atoms with Gasteiger partial charge < -0.3 is 19.9 Å². The van der Waals surface area contributed by atoms with Crippen molar-refractivity contribution in [3.63, 3.8) is 0 Å². The van der Waals surface area contributed by atoms with Crippen LogP contribution >= 0.6 is 0 Å². The van der Waals surface area contributed by atoms with Gasteiger partial charge in [0.15, 0.2) is 5.82 Å². The van der Waals surface area contributed by atoms with Crippen LogP contribution in [0.2, 0.25) is 0 Å². The lowest BCUT2D eigenvalue weighted by atomic mass is 10.4. The zero-order valence-electron chi connectivity index (χ0n) is 10.3. The number of nitrogens with one attached hydrogen (secondary N) is 2. The van der Waals surface area contributed by atoms with Gasteiger partial charge in [-0.05, 0) is 6.92 Å². The molecule has 2 N–H and O–H groups in total. The molecule has 0 aliphatic rings. The largest absolute Gasteiger partial charge is 0.383 e. The molecule has 18 heavy (non-hydrogen) atoms. The molecule has 0 saturated heterocycles. The first-order valence-electron chi connectivity index (χ1n) is 5.53. The lowest BCUT2D eigenvalue weighted by Crippen LogP contribution is -2.09. The monoisotopic (exact) mass is 249 g/mol. The third-order valence-corrected chi connectivity index (χ3v) is 2.16. The van der Waals surface area contributed by atoms with Gasteiger partial charge in [0.05, 0.1) is 6.61 Å². The zero-order chi connectivity index (χ0) is 12.8. The number of hydrogen-bond donors (Lipinski definition) is 2. The fourth-order valence-electron chi connectivity index (χ4n) is 1.36. The third kappa shape index (κ3) is 3.42. The molecule has 7 heteroatoms. The highest BCUT2D eigenvalue weighted by atomic mass is 16.5. The maximum absolute atomic E-state index is 4.96. The lowest BCUT2D eigenvalue weighted by Gasteiger charge is -2.06. The van der Waals surface area contributed by atoms with E-state index in [0.717, 1.165) is 11.6 Å². The highest BCUT2D eigenvalue weighted by Gasteiger charge is 2.02. The van der Waals surface area contributed by atoms with Crippen LogP contribution in [-0.4, -0.2) is 35.4 Å². The minimum Gasteiger partial charge on any atom is -0.383 e. The molecule has 0 aliphatic carbocycles. The Morgan fingerprint density at radius 1 is 1.22 bits per heavy atom. The number of rotatable bonds is 6. The molecule has 0 amide bonds. The number of hydrogen-bond acceptors (Lipinski definition) is 7. The number of anilines is 3. The van der Waals surface area contributed by atoms with E-state index in [4.69, 9.17) is 9.26 Å². The Labute approximate surface area is 105 Å². The van der Waals surface area contributed by atoms with Crippen LogP contribution in [0.15, 0.2) is 23.0 Å². The van der Waals surface area contributed by atoms with Crippen molar-refractivity contribution < 1.29 is 9.26 Å². The molecule has 2 aromatic rings. The Kier molecular flexibility index (Phi) is 4.08. The SMILES string of the molecule is COCCNc1cc(Nc2cc(C)on2)ncn1. The van der Waals surface area contributed by atoms with E-state index in [2.05, 4.69) is 25.8 Å². The highest BCUT2D eigenvalue weighted by Crippen LogP contribution is 2.15. The highest BCUT2D eigenvalue weighted by molar-refractivity contribution is 5.55. The van der Waals surface area contributed by atoms with Gasteiger partial charge in [-0.2, -0.15) is 0 Å². The number of nitrogens with zero attached hydrogens (tertiary/aromatic N) is 3. The van der Waals surface area contributed by atoms with Crippen molar-refractivity contribution in [2.24, 2.45) is 0 Å². The smallest absolute Gasteiger partial charge is 0.175 e. The normalized spacial score (nSPS) is 10.3. The summed E-state index contributed by atoms with van der Waals surface area (Å²) in [5.41, 5.74) is 0. The van der Waals surface area contributed by atoms with E-state index in [1.165, 1.54) is 6.33 Å². The third-order valence-electron chi connectivity index (χ3n) is 2.16. The first-order valence-corrected chi connectivity index (χ1v) is 5.53. The van der Waals surface area contributed by atoms with Crippen molar-refractivity contribution in [2.75, 3.05) is 30.9 Å². The summed E-state index contributed by atoms with van der Waals surface area (Å²) < 4.78 is 9.91. The molecule has 2 heterocycles. The molecule has 0 fully saturated rings. The Morgan fingerprint density at radius 2 is 2.06 bits per heavy atom. The molecule has 0 spiro atoms. The molecule has 0 aromatic carbocycles. The Hall–Kier alpha value is -2.15.